The monoisotopic (exact) mass is 390 g/mol. The molecule has 29 heavy (non-hydrogen) atoms. The molecule has 0 unspecified atom stereocenters. The highest BCUT2D eigenvalue weighted by Gasteiger charge is 2.08. The molecule has 3 aromatic rings. The van der Waals surface area contributed by atoms with Crippen LogP contribution in [-0.2, 0) is 11.3 Å². The molecular weight excluding hydrogens is 368 g/mol. The molecule has 0 saturated carbocycles. The largest absolute Gasteiger partial charge is 0.497 e. The molecule has 2 aromatic carbocycles. The summed E-state index contributed by atoms with van der Waals surface area (Å²) in [6, 6.07) is 18.0. The summed E-state index contributed by atoms with van der Waals surface area (Å²) in [4.78, 5) is 27.9. The van der Waals surface area contributed by atoms with Gasteiger partial charge in [0.05, 0.1) is 7.11 Å². The second-order valence-electron chi connectivity index (χ2n) is 6.34. The number of benzene rings is 2. The summed E-state index contributed by atoms with van der Waals surface area (Å²) in [6.07, 6.45) is 1.59. The Morgan fingerprint density at radius 1 is 0.931 bits per heavy atom. The van der Waals surface area contributed by atoms with Crippen molar-refractivity contribution in [2.24, 2.45) is 0 Å². The number of hydrogen-bond donors (Lipinski definition) is 3. The lowest BCUT2D eigenvalue weighted by atomic mass is 10.2. The van der Waals surface area contributed by atoms with Gasteiger partial charge in [-0.15, -0.1) is 0 Å². The molecule has 0 radical (unpaired) electrons. The van der Waals surface area contributed by atoms with E-state index in [2.05, 4.69) is 20.9 Å². The Morgan fingerprint density at radius 2 is 1.59 bits per heavy atom. The molecule has 7 heteroatoms. The topological polar surface area (TPSA) is 92.4 Å². The molecule has 0 spiro atoms. The third kappa shape index (κ3) is 5.80. The van der Waals surface area contributed by atoms with Crippen molar-refractivity contribution in [3.8, 4) is 5.75 Å². The summed E-state index contributed by atoms with van der Waals surface area (Å²) in [6.45, 7) is 2.02. The number of aromatic nitrogens is 1. The maximum absolute atomic E-state index is 12.5. The van der Waals surface area contributed by atoms with Crippen molar-refractivity contribution in [3.63, 3.8) is 0 Å². The molecular formula is C22H22N4O3. The van der Waals surface area contributed by atoms with Crippen LogP contribution in [0.1, 0.15) is 22.8 Å². The fourth-order valence-corrected chi connectivity index (χ4v) is 2.65. The smallest absolute Gasteiger partial charge is 0.255 e. The number of carbonyl (C=O) groups excluding carboxylic acids is 2. The lowest BCUT2D eigenvalue weighted by Crippen LogP contribution is -2.13. The van der Waals surface area contributed by atoms with E-state index < -0.39 is 0 Å². The van der Waals surface area contributed by atoms with Gasteiger partial charge in [0, 0.05) is 36.6 Å². The normalized spacial score (nSPS) is 10.1. The van der Waals surface area contributed by atoms with Crippen LogP contribution >= 0.6 is 0 Å². The highest BCUT2D eigenvalue weighted by Crippen LogP contribution is 2.16. The molecule has 3 rings (SSSR count). The van der Waals surface area contributed by atoms with E-state index in [-0.39, 0.29) is 11.8 Å². The number of pyridine rings is 1. The maximum atomic E-state index is 12.5. The highest BCUT2D eigenvalue weighted by molar-refractivity contribution is 6.04. The highest BCUT2D eigenvalue weighted by atomic mass is 16.5. The predicted molar refractivity (Wildman–Crippen MR) is 113 cm³/mol. The first-order valence-electron chi connectivity index (χ1n) is 9.05. The Balaban J connectivity index is 1.60. The molecule has 0 aliphatic carbocycles. The molecule has 1 aromatic heterocycles. The standard InChI is InChI=1S/C22H22N4O3/c1-15(27)25-18-5-7-19(8-6-18)26-22(28)17-11-12-23-21(13-17)24-14-16-3-9-20(29-2)10-4-16/h3-13H,14H2,1-2H3,(H,23,24)(H,25,27)(H,26,28). The summed E-state index contributed by atoms with van der Waals surface area (Å²) >= 11 is 0. The number of nitrogens with zero attached hydrogens (tertiary/aromatic N) is 1. The van der Waals surface area contributed by atoms with Gasteiger partial charge in [-0.25, -0.2) is 4.98 Å². The zero-order valence-corrected chi connectivity index (χ0v) is 16.2. The number of anilines is 3. The van der Waals surface area contributed by atoms with Gasteiger partial charge >= 0.3 is 0 Å². The fourth-order valence-electron chi connectivity index (χ4n) is 2.65. The van der Waals surface area contributed by atoms with Gasteiger partial charge in [-0.05, 0) is 54.1 Å². The molecule has 0 aliphatic heterocycles. The van der Waals surface area contributed by atoms with E-state index in [9.17, 15) is 9.59 Å². The zero-order valence-electron chi connectivity index (χ0n) is 16.2. The van der Waals surface area contributed by atoms with Gasteiger partial charge in [0.2, 0.25) is 5.91 Å². The SMILES string of the molecule is COc1ccc(CNc2cc(C(=O)Nc3ccc(NC(C)=O)cc3)ccn2)cc1. The molecule has 0 saturated heterocycles. The fraction of sp³-hybridized carbons (Fsp3) is 0.136. The van der Waals surface area contributed by atoms with Crippen LogP contribution in [0.25, 0.3) is 0 Å². The third-order valence-corrected chi connectivity index (χ3v) is 4.12. The van der Waals surface area contributed by atoms with E-state index in [1.54, 1.807) is 49.7 Å². The Hall–Kier alpha value is -3.87. The third-order valence-electron chi connectivity index (χ3n) is 4.12. The first-order chi connectivity index (χ1) is 14.0. The Labute approximate surface area is 169 Å². The lowest BCUT2D eigenvalue weighted by molar-refractivity contribution is -0.114. The Kier molecular flexibility index (Phi) is 6.42. The number of nitrogens with one attached hydrogen (secondary N) is 3. The van der Waals surface area contributed by atoms with Crippen molar-refractivity contribution in [2.75, 3.05) is 23.1 Å². The summed E-state index contributed by atoms with van der Waals surface area (Å²) in [7, 11) is 1.63. The number of rotatable bonds is 7. The summed E-state index contributed by atoms with van der Waals surface area (Å²) in [5, 5.41) is 8.73. The second-order valence-corrected chi connectivity index (χ2v) is 6.34. The van der Waals surface area contributed by atoms with Crippen LogP contribution in [0, 0.1) is 0 Å². The maximum Gasteiger partial charge on any atom is 0.255 e. The van der Waals surface area contributed by atoms with Crippen molar-refractivity contribution in [1.82, 2.24) is 4.98 Å². The van der Waals surface area contributed by atoms with Gasteiger partial charge in [0.25, 0.3) is 5.91 Å². The van der Waals surface area contributed by atoms with Crippen molar-refractivity contribution in [3.05, 3.63) is 78.0 Å². The Bertz CT molecular complexity index is 986. The predicted octanol–water partition coefficient (Wildman–Crippen LogP) is 3.91. The van der Waals surface area contributed by atoms with Crippen molar-refractivity contribution >= 4 is 29.0 Å². The second kappa shape index (κ2) is 9.36. The number of ether oxygens (including phenoxy) is 1. The summed E-state index contributed by atoms with van der Waals surface area (Å²) < 4.78 is 5.15. The average molecular weight is 390 g/mol. The zero-order chi connectivity index (χ0) is 20.6. The summed E-state index contributed by atoms with van der Waals surface area (Å²) in [5.41, 5.74) is 2.86. The van der Waals surface area contributed by atoms with E-state index >= 15 is 0 Å². The van der Waals surface area contributed by atoms with E-state index in [4.69, 9.17) is 4.74 Å². The van der Waals surface area contributed by atoms with E-state index in [1.807, 2.05) is 24.3 Å². The number of hydrogen-bond acceptors (Lipinski definition) is 5. The van der Waals surface area contributed by atoms with Crippen LogP contribution < -0.4 is 20.7 Å². The van der Waals surface area contributed by atoms with Crippen LogP contribution in [-0.4, -0.2) is 23.9 Å². The molecule has 0 fully saturated rings. The van der Waals surface area contributed by atoms with E-state index in [1.165, 1.54) is 6.92 Å². The molecule has 3 N–H and O–H groups in total. The quantitative estimate of drug-likeness (QED) is 0.569. The molecule has 1 heterocycles. The molecule has 7 nitrogen and oxygen atoms in total. The first kappa shape index (κ1) is 19.9. The van der Waals surface area contributed by atoms with E-state index in [0.29, 0.717) is 29.3 Å². The minimum atomic E-state index is -0.243. The van der Waals surface area contributed by atoms with Crippen LogP contribution in [0.4, 0.5) is 17.2 Å². The lowest BCUT2D eigenvalue weighted by Gasteiger charge is -2.09. The Morgan fingerprint density at radius 3 is 2.21 bits per heavy atom. The molecule has 148 valence electrons. The van der Waals surface area contributed by atoms with Gasteiger partial charge in [-0.1, -0.05) is 12.1 Å². The van der Waals surface area contributed by atoms with Gasteiger partial charge in [0.1, 0.15) is 11.6 Å². The van der Waals surface area contributed by atoms with Gasteiger partial charge in [-0.2, -0.15) is 0 Å². The summed E-state index contributed by atoms with van der Waals surface area (Å²) in [5.74, 6) is 1.02. The van der Waals surface area contributed by atoms with Crippen molar-refractivity contribution in [1.29, 1.82) is 0 Å². The number of amides is 2. The van der Waals surface area contributed by atoms with Crippen LogP contribution in [0.3, 0.4) is 0 Å². The number of carbonyl (C=O) groups is 2. The van der Waals surface area contributed by atoms with Gasteiger partial charge in [0.15, 0.2) is 0 Å². The minimum Gasteiger partial charge on any atom is -0.497 e. The molecule has 0 aliphatic rings. The van der Waals surface area contributed by atoms with Crippen molar-refractivity contribution < 1.29 is 14.3 Å². The van der Waals surface area contributed by atoms with Gasteiger partial charge < -0.3 is 20.7 Å². The molecule has 0 bridgehead atoms. The van der Waals surface area contributed by atoms with Gasteiger partial charge in [-0.3, -0.25) is 9.59 Å². The first-order valence-corrected chi connectivity index (χ1v) is 9.05. The number of methoxy groups -OCH3 is 1. The molecule has 0 atom stereocenters. The van der Waals surface area contributed by atoms with Crippen molar-refractivity contribution in [2.45, 2.75) is 13.5 Å². The van der Waals surface area contributed by atoms with Crippen LogP contribution in [0.2, 0.25) is 0 Å². The average Bonchev–Trinajstić information content (AvgIpc) is 2.74. The molecule has 2 amide bonds. The van der Waals surface area contributed by atoms with E-state index in [0.717, 1.165) is 11.3 Å². The van der Waals surface area contributed by atoms with Crippen LogP contribution in [0.5, 0.6) is 5.75 Å². The minimum absolute atomic E-state index is 0.145. The van der Waals surface area contributed by atoms with Crippen LogP contribution in [0.15, 0.2) is 66.9 Å².